The lowest BCUT2D eigenvalue weighted by molar-refractivity contribution is -0.137. The molecule has 0 fully saturated rings. The van der Waals surface area contributed by atoms with Crippen LogP contribution in [0.1, 0.15) is 17.0 Å². The van der Waals surface area contributed by atoms with E-state index in [-0.39, 0.29) is 10.7 Å². The zero-order valence-corrected chi connectivity index (χ0v) is 13.4. The Balaban J connectivity index is 1.89. The number of rotatable bonds is 4. The van der Waals surface area contributed by atoms with E-state index >= 15 is 0 Å². The third kappa shape index (κ3) is 4.16. The Morgan fingerprint density at radius 1 is 1.16 bits per heavy atom. The zero-order valence-electron chi connectivity index (χ0n) is 12.6. The molecule has 3 rings (SSSR count). The lowest BCUT2D eigenvalue weighted by atomic mass is 10.2. The lowest BCUT2D eigenvalue weighted by Crippen LogP contribution is -2.07. The van der Waals surface area contributed by atoms with Crippen LogP contribution in [-0.4, -0.2) is 19.5 Å². The van der Waals surface area contributed by atoms with E-state index in [0.29, 0.717) is 11.7 Å². The molecular formula is C16H10F3N5S. The molecular weight excluding hydrogens is 351 g/mol. The Morgan fingerprint density at radius 2 is 2.00 bits per heavy atom. The van der Waals surface area contributed by atoms with Crippen molar-refractivity contribution in [2.24, 2.45) is 0 Å². The highest BCUT2D eigenvalue weighted by Crippen LogP contribution is 2.33. The van der Waals surface area contributed by atoms with E-state index in [1.807, 2.05) is 12.1 Å². The largest absolute Gasteiger partial charge is 0.416 e. The number of nitrogens with zero attached hydrogens (tertiary/aromatic N) is 5. The van der Waals surface area contributed by atoms with Gasteiger partial charge in [0.2, 0.25) is 0 Å². The van der Waals surface area contributed by atoms with E-state index < -0.39 is 11.7 Å². The van der Waals surface area contributed by atoms with Crippen molar-refractivity contribution < 1.29 is 13.2 Å². The number of pyridine rings is 2. The molecule has 5 nitrogen and oxygen atoms in total. The summed E-state index contributed by atoms with van der Waals surface area (Å²) in [4.78, 5) is 12.3. The Morgan fingerprint density at radius 3 is 2.68 bits per heavy atom. The van der Waals surface area contributed by atoms with Crippen LogP contribution in [0, 0.1) is 11.3 Å². The Labute approximate surface area is 145 Å². The molecule has 3 heterocycles. The van der Waals surface area contributed by atoms with Crippen molar-refractivity contribution in [3.8, 4) is 6.07 Å². The number of aromatic nitrogens is 4. The highest BCUT2D eigenvalue weighted by Gasteiger charge is 2.32. The average molecular weight is 361 g/mol. The highest BCUT2D eigenvalue weighted by molar-refractivity contribution is 7.99. The number of nitriles is 1. The summed E-state index contributed by atoms with van der Waals surface area (Å²) in [6.45, 7) is 0.424. The minimum atomic E-state index is -4.55. The van der Waals surface area contributed by atoms with Crippen molar-refractivity contribution in [2.75, 3.05) is 0 Å². The Kier molecular flexibility index (Phi) is 4.72. The third-order valence-corrected chi connectivity index (χ3v) is 4.12. The molecule has 0 spiro atoms. The summed E-state index contributed by atoms with van der Waals surface area (Å²) in [6, 6.07) is 8.77. The fraction of sp³-hybridized carbons (Fsp3) is 0.125. The van der Waals surface area contributed by atoms with Gasteiger partial charge in [0.1, 0.15) is 16.8 Å². The van der Waals surface area contributed by atoms with Gasteiger partial charge in [0.25, 0.3) is 0 Å². The van der Waals surface area contributed by atoms with Crippen LogP contribution in [0.4, 0.5) is 13.2 Å². The SMILES string of the molecule is N#Cc1cc(C(F)(F)F)cc(Sc2nccn2Cc2ccccn2)n1. The predicted molar refractivity (Wildman–Crippen MR) is 83.6 cm³/mol. The van der Waals surface area contributed by atoms with Gasteiger partial charge in [-0.25, -0.2) is 9.97 Å². The van der Waals surface area contributed by atoms with Crippen LogP contribution in [-0.2, 0) is 12.7 Å². The molecule has 0 saturated carbocycles. The summed E-state index contributed by atoms with van der Waals surface area (Å²) < 4.78 is 40.6. The molecule has 0 aliphatic rings. The number of hydrogen-bond acceptors (Lipinski definition) is 5. The normalized spacial score (nSPS) is 11.3. The molecule has 0 aliphatic heterocycles. The molecule has 0 N–H and O–H groups in total. The van der Waals surface area contributed by atoms with E-state index in [2.05, 4.69) is 15.0 Å². The molecule has 0 atom stereocenters. The second kappa shape index (κ2) is 6.94. The predicted octanol–water partition coefficient (Wildman–Crippen LogP) is 3.76. The molecule has 0 aromatic carbocycles. The summed E-state index contributed by atoms with van der Waals surface area (Å²) in [5, 5.41) is 9.42. The lowest BCUT2D eigenvalue weighted by Gasteiger charge is -2.10. The van der Waals surface area contributed by atoms with Gasteiger partial charge in [-0.05, 0) is 36.0 Å². The first-order chi connectivity index (χ1) is 12.0. The first-order valence-corrected chi connectivity index (χ1v) is 7.85. The molecule has 0 aliphatic carbocycles. The van der Waals surface area contributed by atoms with Crippen LogP contribution in [0.15, 0.2) is 59.1 Å². The van der Waals surface area contributed by atoms with Gasteiger partial charge < -0.3 is 4.57 Å². The van der Waals surface area contributed by atoms with Gasteiger partial charge in [-0.3, -0.25) is 4.98 Å². The van der Waals surface area contributed by atoms with Crippen molar-refractivity contribution in [1.29, 1.82) is 5.26 Å². The van der Waals surface area contributed by atoms with E-state index in [1.54, 1.807) is 35.3 Å². The van der Waals surface area contributed by atoms with Gasteiger partial charge >= 0.3 is 6.18 Å². The fourth-order valence-corrected chi connectivity index (χ4v) is 2.93. The van der Waals surface area contributed by atoms with E-state index in [9.17, 15) is 13.2 Å². The van der Waals surface area contributed by atoms with Gasteiger partial charge in [-0.15, -0.1) is 0 Å². The maximum absolute atomic E-state index is 13.0. The summed E-state index contributed by atoms with van der Waals surface area (Å²) >= 11 is 0.962. The number of alkyl halides is 3. The molecule has 0 saturated heterocycles. The molecule has 126 valence electrons. The van der Waals surface area contributed by atoms with Crippen LogP contribution in [0.2, 0.25) is 0 Å². The zero-order chi connectivity index (χ0) is 17.9. The van der Waals surface area contributed by atoms with E-state index in [0.717, 1.165) is 29.6 Å². The van der Waals surface area contributed by atoms with Gasteiger partial charge in [0.15, 0.2) is 5.16 Å². The van der Waals surface area contributed by atoms with Crippen LogP contribution in [0.5, 0.6) is 0 Å². The van der Waals surface area contributed by atoms with Crippen LogP contribution in [0.3, 0.4) is 0 Å². The van der Waals surface area contributed by atoms with Crippen molar-refractivity contribution in [1.82, 2.24) is 19.5 Å². The molecule has 0 radical (unpaired) electrons. The average Bonchev–Trinajstić information content (AvgIpc) is 3.01. The summed E-state index contributed by atoms with van der Waals surface area (Å²) in [7, 11) is 0. The van der Waals surface area contributed by atoms with Gasteiger partial charge in [-0.2, -0.15) is 18.4 Å². The molecule has 3 aromatic rings. The second-order valence-electron chi connectivity index (χ2n) is 4.95. The first-order valence-electron chi connectivity index (χ1n) is 7.04. The molecule has 3 aromatic heterocycles. The maximum atomic E-state index is 13.0. The van der Waals surface area contributed by atoms with Gasteiger partial charge in [0.05, 0.1) is 17.8 Å². The Bertz CT molecular complexity index is 916. The van der Waals surface area contributed by atoms with Gasteiger partial charge in [0, 0.05) is 18.6 Å². The highest BCUT2D eigenvalue weighted by atomic mass is 32.2. The third-order valence-electron chi connectivity index (χ3n) is 3.18. The van der Waals surface area contributed by atoms with Crippen molar-refractivity contribution in [3.05, 3.63) is 65.9 Å². The van der Waals surface area contributed by atoms with Gasteiger partial charge in [-0.1, -0.05) is 6.07 Å². The van der Waals surface area contributed by atoms with Crippen LogP contribution < -0.4 is 0 Å². The molecule has 0 amide bonds. The monoisotopic (exact) mass is 361 g/mol. The van der Waals surface area contributed by atoms with E-state index in [1.165, 1.54) is 0 Å². The quantitative estimate of drug-likeness (QED) is 0.708. The minimum absolute atomic E-state index is 0.0554. The van der Waals surface area contributed by atoms with E-state index in [4.69, 9.17) is 5.26 Å². The number of hydrogen-bond donors (Lipinski definition) is 0. The standard InChI is InChI=1S/C16H10F3N5S/c17-16(18,19)11-7-13(9-20)23-14(8-11)25-15-22-5-6-24(15)10-12-3-1-2-4-21-12/h1-8H,10H2. The fourth-order valence-electron chi connectivity index (χ4n) is 2.06. The summed E-state index contributed by atoms with van der Waals surface area (Å²) in [5.41, 5.74) is -0.415. The molecule has 0 bridgehead atoms. The van der Waals surface area contributed by atoms with Crippen molar-refractivity contribution in [2.45, 2.75) is 22.9 Å². The number of imidazole rings is 1. The number of halogens is 3. The van der Waals surface area contributed by atoms with Crippen molar-refractivity contribution in [3.63, 3.8) is 0 Å². The smallest absolute Gasteiger partial charge is 0.320 e. The molecule has 0 unspecified atom stereocenters. The topological polar surface area (TPSA) is 67.4 Å². The Hall–Kier alpha value is -2.86. The molecule has 9 heteroatoms. The second-order valence-corrected chi connectivity index (χ2v) is 5.94. The minimum Gasteiger partial charge on any atom is -0.320 e. The summed E-state index contributed by atoms with van der Waals surface area (Å²) in [6.07, 6.45) is 0.361. The summed E-state index contributed by atoms with van der Waals surface area (Å²) in [5.74, 6) is 0. The van der Waals surface area contributed by atoms with Crippen LogP contribution in [0.25, 0.3) is 0 Å². The van der Waals surface area contributed by atoms with Crippen LogP contribution >= 0.6 is 11.8 Å². The molecule has 25 heavy (non-hydrogen) atoms. The van der Waals surface area contributed by atoms with Crippen molar-refractivity contribution >= 4 is 11.8 Å². The maximum Gasteiger partial charge on any atom is 0.416 e. The first kappa shape index (κ1) is 17.0.